The van der Waals surface area contributed by atoms with E-state index >= 15 is 0 Å². The Morgan fingerprint density at radius 2 is 1.96 bits per heavy atom. The molecule has 0 atom stereocenters. The SMILES string of the molecule is CC(C)COC1CCN(C(=O)c2cccc(CS(C)(=O)=O)c2)CC1. The van der Waals surface area contributed by atoms with Crippen molar-refractivity contribution in [3.63, 3.8) is 0 Å². The van der Waals surface area contributed by atoms with Crippen LogP contribution in [0.2, 0.25) is 0 Å². The number of nitrogens with zero attached hydrogens (tertiary/aromatic N) is 1. The van der Waals surface area contributed by atoms with Gasteiger partial charge in [0.2, 0.25) is 0 Å². The fourth-order valence-corrected chi connectivity index (χ4v) is 3.62. The van der Waals surface area contributed by atoms with Crippen molar-refractivity contribution in [3.8, 4) is 0 Å². The number of hydrogen-bond donors (Lipinski definition) is 0. The Bertz CT molecular complexity index is 661. The van der Waals surface area contributed by atoms with Gasteiger partial charge in [-0.15, -0.1) is 0 Å². The number of ether oxygens (including phenoxy) is 1. The number of carbonyl (C=O) groups is 1. The van der Waals surface area contributed by atoms with E-state index in [4.69, 9.17) is 4.74 Å². The van der Waals surface area contributed by atoms with Crippen LogP contribution in [0.25, 0.3) is 0 Å². The summed E-state index contributed by atoms with van der Waals surface area (Å²) in [4.78, 5) is 14.5. The van der Waals surface area contributed by atoms with Gasteiger partial charge in [0.25, 0.3) is 5.91 Å². The van der Waals surface area contributed by atoms with Crippen LogP contribution in [-0.2, 0) is 20.3 Å². The third kappa shape index (κ3) is 5.91. The van der Waals surface area contributed by atoms with Crippen LogP contribution in [0.3, 0.4) is 0 Å². The minimum Gasteiger partial charge on any atom is -0.378 e. The number of likely N-dealkylation sites (tertiary alicyclic amines) is 1. The van der Waals surface area contributed by atoms with Crippen LogP contribution in [-0.4, -0.2) is 51.3 Å². The molecule has 1 heterocycles. The van der Waals surface area contributed by atoms with E-state index in [1.807, 2.05) is 4.90 Å². The first kappa shape index (κ1) is 18.9. The maximum atomic E-state index is 12.6. The lowest BCUT2D eigenvalue weighted by Gasteiger charge is -2.32. The molecule has 0 unspecified atom stereocenters. The summed E-state index contributed by atoms with van der Waals surface area (Å²) < 4.78 is 28.7. The molecule has 0 aromatic heterocycles. The number of carbonyl (C=O) groups excluding carboxylic acids is 1. The van der Waals surface area contributed by atoms with Gasteiger partial charge in [0.1, 0.15) is 0 Å². The molecule has 0 spiro atoms. The predicted octanol–water partition coefficient (Wildman–Crippen LogP) is 2.51. The average molecular weight is 353 g/mol. The minimum atomic E-state index is -3.11. The summed E-state index contributed by atoms with van der Waals surface area (Å²) >= 11 is 0. The zero-order chi connectivity index (χ0) is 17.7. The summed E-state index contributed by atoms with van der Waals surface area (Å²) in [6, 6.07) is 6.91. The highest BCUT2D eigenvalue weighted by Gasteiger charge is 2.24. The summed E-state index contributed by atoms with van der Waals surface area (Å²) in [6.07, 6.45) is 3.12. The Balaban J connectivity index is 1.94. The minimum absolute atomic E-state index is 0.0346. The van der Waals surface area contributed by atoms with Crippen molar-refractivity contribution in [3.05, 3.63) is 35.4 Å². The maximum absolute atomic E-state index is 12.6. The topological polar surface area (TPSA) is 63.7 Å². The van der Waals surface area contributed by atoms with Gasteiger partial charge in [-0.05, 0) is 36.5 Å². The summed E-state index contributed by atoms with van der Waals surface area (Å²) in [6.45, 7) is 6.37. The molecule has 0 saturated carbocycles. The quantitative estimate of drug-likeness (QED) is 0.788. The number of sulfone groups is 1. The van der Waals surface area contributed by atoms with E-state index in [2.05, 4.69) is 13.8 Å². The lowest BCUT2D eigenvalue weighted by molar-refractivity contribution is -0.00231. The largest absolute Gasteiger partial charge is 0.378 e. The van der Waals surface area contributed by atoms with Crippen LogP contribution >= 0.6 is 0 Å². The number of hydrogen-bond acceptors (Lipinski definition) is 4. The van der Waals surface area contributed by atoms with Gasteiger partial charge in [0.05, 0.1) is 11.9 Å². The third-order valence-corrected chi connectivity index (χ3v) is 4.85. The molecule has 0 radical (unpaired) electrons. The van der Waals surface area contributed by atoms with Gasteiger partial charge in [-0.2, -0.15) is 0 Å². The number of benzene rings is 1. The number of rotatable bonds is 6. The smallest absolute Gasteiger partial charge is 0.253 e. The van der Waals surface area contributed by atoms with Crippen molar-refractivity contribution >= 4 is 15.7 Å². The molecule has 1 aliphatic rings. The molecule has 24 heavy (non-hydrogen) atoms. The van der Waals surface area contributed by atoms with Crippen LogP contribution in [0, 0.1) is 5.92 Å². The highest BCUT2D eigenvalue weighted by Crippen LogP contribution is 2.18. The van der Waals surface area contributed by atoms with Crippen molar-refractivity contribution in [2.45, 2.75) is 38.5 Å². The Morgan fingerprint density at radius 1 is 1.29 bits per heavy atom. The summed E-state index contributed by atoms with van der Waals surface area (Å²) in [5.41, 5.74) is 1.20. The normalized spacial score (nSPS) is 16.6. The third-order valence-electron chi connectivity index (χ3n) is 4.00. The first-order valence-corrected chi connectivity index (χ1v) is 10.5. The van der Waals surface area contributed by atoms with Crippen LogP contribution in [0.5, 0.6) is 0 Å². The van der Waals surface area contributed by atoms with Gasteiger partial charge < -0.3 is 9.64 Å². The van der Waals surface area contributed by atoms with Crippen LogP contribution in [0.4, 0.5) is 0 Å². The van der Waals surface area contributed by atoms with Gasteiger partial charge >= 0.3 is 0 Å². The van der Waals surface area contributed by atoms with Gasteiger partial charge in [0.15, 0.2) is 9.84 Å². The second-order valence-electron chi connectivity index (χ2n) is 6.99. The second kappa shape index (κ2) is 8.12. The summed E-state index contributed by atoms with van der Waals surface area (Å²) in [5, 5.41) is 0. The van der Waals surface area contributed by atoms with E-state index in [1.54, 1.807) is 24.3 Å². The Kier molecular flexibility index (Phi) is 6.40. The molecule has 134 valence electrons. The number of amides is 1. The lowest BCUT2D eigenvalue weighted by Crippen LogP contribution is -2.41. The van der Waals surface area contributed by atoms with E-state index in [9.17, 15) is 13.2 Å². The standard InChI is InChI=1S/C18H27NO4S/c1-14(2)12-23-17-7-9-19(10-8-17)18(20)16-6-4-5-15(11-16)13-24(3,21)22/h4-6,11,14,17H,7-10,12-13H2,1-3H3. The highest BCUT2D eigenvalue weighted by atomic mass is 32.2. The molecule has 1 fully saturated rings. The molecule has 1 aromatic rings. The Labute approximate surface area is 144 Å². The average Bonchev–Trinajstić information content (AvgIpc) is 2.51. The van der Waals surface area contributed by atoms with E-state index in [1.165, 1.54) is 6.26 Å². The molecular formula is C18H27NO4S. The van der Waals surface area contributed by atoms with Crippen LogP contribution in [0.15, 0.2) is 24.3 Å². The predicted molar refractivity (Wildman–Crippen MR) is 94.7 cm³/mol. The molecule has 2 rings (SSSR count). The van der Waals surface area contributed by atoms with Crippen molar-refractivity contribution < 1.29 is 17.9 Å². The van der Waals surface area contributed by atoms with E-state index in [-0.39, 0.29) is 17.8 Å². The van der Waals surface area contributed by atoms with E-state index in [0.717, 1.165) is 19.4 Å². The van der Waals surface area contributed by atoms with Crippen molar-refractivity contribution in [1.82, 2.24) is 4.90 Å². The van der Waals surface area contributed by atoms with Crippen molar-refractivity contribution in [2.75, 3.05) is 26.0 Å². The fraction of sp³-hybridized carbons (Fsp3) is 0.611. The Hall–Kier alpha value is -1.40. The molecule has 5 nitrogen and oxygen atoms in total. The molecular weight excluding hydrogens is 326 g/mol. The first-order chi connectivity index (χ1) is 11.2. The van der Waals surface area contributed by atoms with E-state index < -0.39 is 9.84 Å². The number of piperidine rings is 1. The monoisotopic (exact) mass is 353 g/mol. The summed E-state index contributed by atoms with van der Waals surface area (Å²) in [7, 11) is -3.11. The maximum Gasteiger partial charge on any atom is 0.253 e. The molecule has 6 heteroatoms. The van der Waals surface area contributed by atoms with Crippen molar-refractivity contribution in [1.29, 1.82) is 0 Å². The molecule has 1 aromatic carbocycles. The molecule has 1 aliphatic heterocycles. The zero-order valence-corrected chi connectivity index (χ0v) is 15.5. The molecule has 0 bridgehead atoms. The van der Waals surface area contributed by atoms with Crippen LogP contribution in [0.1, 0.15) is 42.6 Å². The summed E-state index contributed by atoms with van der Waals surface area (Å²) in [5.74, 6) is 0.439. The fourth-order valence-electron chi connectivity index (χ4n) is 2.83. The molecule has 0 N–H and O–H groups in total. The highest BCUT2D eigenvalue weighted by molar-refractivity contribution is 7.89. The Morgan fingerprint density at radius 3 is 2.54 bits per heavy atom. The first-order valence-electron chi connectivity index (χ1n) is 8.42. The van der Waals surface area contributed by atoms with Crippen LogP contribution < -0.4 is 0 Å². The van der Waals surface area contributed by atoms with Gasteiger partial charge in [-0.25, -0.2) is 8.42 Å². The molecule has 1 saturated heterocycles. The second-order valence-corrected chi connectivity index (χ2v) is 9.13. The zero-order valence-electron chi connectivity index (χ0n) is 14.7. The van der Waals surface area contributed by atoms with Gasteiger partial charge in [0, 0.05) is 31.5 Å². The van der Waals surface area contributed by atoms with Gasteiger partial charge in [-0.3, -0.25) is 4.79 Å². The van der Waals surface area contributed by atoms with Gasteiger partial charge in [-0.1, -0.05) is 26.0 Å². The van der Waals surface area contributed by atoms with E-state index in [0.29, 0.717) is 30.1 Å². The lowest BCUT2D eigenvalue weighted by atomic mass is 10.1. The van der Waals surface area contributed by atoms with Crippen molar-refractivity contribution in [2.24, 2.45) is 5.92 Å². The molecule has 0 aliphatic carbocycles. The molecule has 1 amide bonds.